The molecule has 0 saturated heterocycles. The Hall–Kier alpha value is -1.88. The second-order valence-electron chi connectivity index (χ2n) is 4.96. The Bertz CT molecular complexity index is 487. The summed E-state index contributed by atoms with van der Waals surface area (Å²) in [4.78, 5) is 23.1. The van der Waals surface area contributed by atoms with Gasteiger partial charge in [0.2, 0.25) is 11.8 Å². The first-order valence-electron chi connectivity index (χ1n) is 6.45. The van der Waals surface area contributed by atoms with Crippen molar-refractivity contribution in [3.05, 3.63) is 35.4 Å². The van der Waals surface area contributed by atoms with Crippen molar-refractivity contribution < 1.29 is 9.59 Å². The molecule has 1 aliphatic heterocycles. The van der Waals surface area contributed by atoms with Crippen LogP contribution in [0.2, 0.25) is 0 Å². The number of rotatable bonds is 4. The molecule has 2 atom stereocenters. The first-order valence-corrected chi connectivity index (χ1v) is 6.45. The maximum atomic E-state index is 12.2. The summed E-state index contributed by atoms with van der Waals surface area (Å²) in [5.41, 5.74) is 7.33. The Morgan fingerprint density at radius 2 is 2.21 bits per heavy atom. The number of benzene rings is 1. The quantitative estimate of drug-likeness (QED) is 0.726. The van der Waals surface area contributed by atoms with Crippen LogP contribution in [0.25, 0.3) is 0 Å². The summed E-state index contributed by atoms with van der Waals surface area (Å²) in [6.45, 7) is 3.19. The Morgan fingerprint density at radius 1 is 1.47 bits per heavy atom. The number of amides is 2. The maximum Gasteiger partial charge on any atom is 0.229 e. The van der Waals surface area contributed by atoms with E-state index in [9.17, 15) is 9.59 Å². The normalized spacial score (nSPS) is 19.3. The number of primary amides is 1. The van der Waals surface area contributed by atoms with Crippen LogP contribution in [0.5, 0.6) is 0 Å². The van der Waals surface area contributed by atoms with E-state index in [2.05, 4.69) is 10.6 Å². The third kappa shape index (κ3) is 3.32. The number of fused-ring (bicyclic) bond motifs is 1. The second kappa shape index (κ2) is 5.84. The molecule has 1 aromatic rings. The van der Waals surface area contributed by atoms with Gasteiger partial charge in [-0.1, -0.05) is 24.3 Å². The molecular formula is C14H19N3O2. The van der Waals surface area contributed by atoms with Crippen molar-refractivity contribution in [3.63, 3.8) is 0 Å². The summed E-state index contributed by atoms with van der Waals surface area (Å²) in [5.74, 6) is -0.677. The molecule has 0 saturated carbocycles. The van der Waals surface area contributed by atoms with Gasteiger partial charge in [0.05, 0.1) is 5.92 Å². The highest BCUT2D eigenvalue weighted by atomic mass is 16.2. The largest absolute Gasteiger partial charge is 0.370 e. The van der Waals surface area contributed by atoms with Crippen LogP contribution in [-0.4, -0.2) is 24.4 Å². The number of hydrogen-bond acceptors (Lipinski definition) is 3. The maximum absolute atomic E-state index is 12.2. The third-order valence-corrected chi connectivity index (χ3v) is 3.31. The van der Waals surface area contributed by atoms with Crippen LogP contribution in [0.3, 0.4) is 0 Å². The predicted octanol–water partition coefficient (Wildman–Crippen LogP) is 0.254. The molecule has 102 valence electrons. The zero-order chi connectivity index (χ0) is 13.8. The zero-order valence-electron chi connectivity index (χ0n) is 11.0. The van der Waals surface area contributed by atoms with Gasteiger partial charge in [0.15, 0.2) is 0 Å². The van der Waals surface area contributed by atoms with Gasteiger partial charge in [-0.3, -0.25) is 9.59 Å². The monoisotopic (exact) mass is 261 g/mol. The van der Waals surface area contributed by atoms with Crippen molar-refractivity contribution in [1.29, 1.82) is 0 Å². The molecule has 19 heavy (non-hydrogen) atoms. The van der Waals surface area contributed by atoms with Crippen molar-refractivity contribution >= 4 is 11.8 Å². The van der Waals surface area contributed by atoms with Crippen molar-refractivity contribution in [2.24, 2.45) is 5.73 Å². The summed E-state index contributed by atoms with van der Waals surface area (Å²) >= 11 is 0. The molecule has 2 unspecified atom stereocenters. The molecule has 1 aromatic carbocycles. The zero-order valence-corrected chi connectivity index (χ0v) is 11.0. The van der Waals surface area contributed by atoms with Gasteiger partial charge in [-0.2, -0.15) is 0 Å². The first kappa shape index (κ1) is 13.5. The Morgan fingerprint density at radius 3 is 2.95 bits per heavy atom. The van der Waals surface area contributed by atoms with Gasteiger partial charge in [0.1, 0.15) is 0 Å². The molecule has 0 aliphatic carbocycles. The van der Waals surface area contributed by atoms with Gasteiger partial charge in [-0.05, 0) is 18.1 Å². The van der Waals surface area contributed by atoms with E-state index < -0.39 is 5.91 Å². The number of carbonyl (C=O) groups excluding carboxylic acids is 2. The molecule has 0 radical (unpaired) electrons. The minimum Gasteiger partial charge on any atom is -0.370 e. The van der Waals surface area contributed by atoms with Crippen molar-refractivity contribution in [2.75, 3.05) is 6.54 Å². The van der Waals surface area contributed by atoms with Crippen molar-refractivity contribution in [2.45, 2.75) is 31.8 Å². The van der Waals surface area contributed by atoms with Crippen LogP contribution in [0.15, 0.2) is 24.3 Å². The number of nitrogens with two attached hydrogens (primary N) is 1. The highest BCUT2D eigenvalue weighted by Gasteiger charge is 2.26. The van der Waals surface area contributed by atoms with E-state index in [1.165, 1.54) is 0 Å². The average molecular weight is 261 g/mol. The molecule has 0 fully saturated rings. The molecule has 1 aliphatic rings. The lowest BCUT2D eigenvalue weighted by Gasteiger charge is -2.26. The molecular weight excluding hydrogens is 242 g/mol. The first-order chi connectivity index (χ1) is 9.08. The summed E-state index contributed by atoms with van der Waals surface area (Å²) in [7, 11) is 0. The van der Waals surface area contributed by atoms with Gasteiger partial charge in [-0.25, -0.2) is 0 Å². The lowest BCUT2D eigenvalue weighted by molar-refractivity contribution is -0.123. The van der Waals surface area contributed by atoms with E-state index in [0.717, 1.165) is 17.7 Å². The van der Waals surface area contributed by atoms with E-state index in [1.807, 2.05) is 24.3 Å². The molecule has 5 nitrogen and oxygen atoms in total. The van der Waals surface area contributed by atoms with Crippen LogP contribution < -0.4 is 16.4 Å². The SMILES string of the molecule is CC(CC(N)=O)NC(=O)C1CNCc2ccccc21. The number of nitrogens with one attached hydrogen (secondary N) is 2. The Balaban J connectivity index is 2.06. The summed E-state index contributed by atoms with van der Waals surface area (Å²) in [5, 5.41) is 6.08. The predicted molar refractivity (Wildman–Crippen MR) is 72.3 cm³/mol. The summed E-state index contributed by atoms with van der Waals surface area (Å²) in [6.07, 6.45) is 0.160. The molecule has 0 aromatic heterocycles. The second-order valence-corrected chi connectivity index (χ2v) is 4.96. The standard InChI is InChI=1S/C14H19N3O2/c1-9(6-13(15)18)17-14(19)12-8-16-7-10-4-2-3-5-11(10)12/h2-5,9,12,16H,6-8H2,1H3,(H2,15,18)(H,17,19). The van der Waals surface area contributed by atoms with Crippen LogP contribution in [0, 0.1) is 0 Å². The molecule has 5 heteroatoms. The van der Waals surface area contributed by atoms with Crippen LogP contribution in [0.4, 0.5) is 0 Å². The fourth-order valence-corrected chi connectivity index (χ4v) is 2.43. The van der Waals surface area contributed by atoms with Gasteiger partial charge < -0.3 is 16.4 Å². The van der Waals surface area contributed by atoms with Crippen LogP contribution in [-0.2, 0) is 16.1 Å². The van der Waals surface area contributed by atoms with Crippen molar-refractivity contribution in [1.82, 2.24) is 10.6 Å². The Kier molecular flexibility index (Phi) is 4.16. The van der Waals surface area contributed by atoms with Crippen LogP contribution in [0.1, 0.15) is 30.4 Å². The molecule has 0 bridgehead atoms. The van der Waals surface area contributed by atoms with E-state index in [-0.39, 0.29) is 24.3 Å². The lowest BCUT2D eigenvalue weighted by atomic mass is 9.90. The smallest absolute Gasteiger partial charge is 0.229 e. The van der Waals surface area contributed by atoms with E-state index in [4.69, 9.17) is 5.73 Å². The van der Waals surface area contributed by atoms with E-state index in [0.29, 0.717) is 6.54 Å². The third-order valence-electron chi connectivity index (χ3n) is 3.31. The molecule has 4 N–H and O–H groups in total. The minimum atomic E-state index is -0.407. The molecule has 1 heterocycles. The molecule has 2 rings (SSSR count). The molecule has 0 spiro atoms. The van der Waals surface area contributed by atoms with Crippen molar-refractivity contribution in [3.8, 4) is 0 Å². The molecule has 2 amide bonds. The minimum absolute atomic E-state index is 0.0617. The fourth-order valence-electron chi connectivity index (χ4n) is 2.43. The van der Waals surface area contributed by atoms with Gasteiger partial charge in [0.25, 0.3) is 0 Å². The van der Waals surface area contributed by atoms with Gasteiger partial charge in [0, 0.05) is 25.6 Å². The summed E-state index contributed by atoms with van der Waals surface area (Å²) < 4.78 is 0. The van der Waals surface area contributed by atoms with E-state index >= 15 is 0 Å². The number of carbonyl (C=O) groups is 2. The van der Waals surface area contributed by atoms with Gasteiger partial charge >= 0.3 is 0 Å². The lowest BCUT2D eigenvalue weighted by Crippen LogP contribution is -2.43. The van der Waals surface area contributed by atoms with Crippen LogP contribution >= 0.6 is 0 Å². The van der Waals surface area contributed by atoms with E-state index in [1.54, 1.807) is 6.92 Å². The van der Waals surface area contributed by atoms with Gasteiger partial charge in [-0.15, -0.1) is 0 Å². The number of hydrogen-bond donors (Lipinski definition) is 3. The highest BCUT2D eigenvalue weighted by molar-refractivity contribution is 5.85. The fraction of sp³-hybridized carbons (Fsp3) is 0.429. The average Bonchev–Trinajstić information content (AvgIpc) is 2.36. The topological polar surface area (TPSA) is 84.2 Å². The summed E-state index contributed by atoms with van der Waals surface area (Å²) in [6, 6.07) is 7.68. The highest BCUT2D eigenvalue weighted by Crippen LogP contribution is 2.23. The Labute approximate surface area is 112 Å².